The first kappa shape index (κ1) is 18.4. The van der Waals surface area contributed by atoms with Gasteiger partial charge in [-0.05, 0) is 68.8 Å². The fraction of sp³-hybridized carbons (Fsp3) is 0.550. The molecule has 0 spiro atoms. The zero-order valence-corrected chi connectivity index (χ0v) is 16.5. The van der Waals surface area contributed by atoms with Crippen LogP contribution >= 0.6 is 11.6 Å². The molecule has 0 bridgehead atoms. The Morgan fingerprint density at radius 2 is 1.96 bits per heavy atom. The number of hydrogen-bond donors (Lipinski definition) is 2. The van der Waals surface area contributed by atoms with Crippen LogP contribution in [-0.4, -0.2) is 34.0 Å². The third-order valence-electron chi connectivity index (χ3n) is 5.91. The molecule has 2 aromatic rings. The van der Waals surface area contributed by atoms with Crippen LogP contribution in [-0.2, 0) is 0 Å². The number of carbonyl (C=O) groups excluding carboxylic acids is 1. The maximum Gasteiger partial charge on any atom is 0.274 e. The Balaban J connectivity index is 1.53. The predicted octanol–water partition coefficient (Wildman–Crippen LogP) is 3.29. The van der Waals surface area contributed by atoms with Crippen molar-refractivity contribution in [1.29, 1.82) is 0 Å². The van der Waals surface area contributed by atoms with Gasteiger partial charge >= 0.3 is 0 Å². The number of nitrogens with zero attached hydrogens (tertiary/aromatic N) is 3. The maximum atomic E-state index is 13.0. The second kappa shape index (κ2) is 7.60. The van der Waals surface area contributed by atoms with E-state index in [2.05, 4.69) is 27.9 Å². The normalized spacial score (nSPS) is 23.8. The smallest absolute Gasteiger partial charge is 0.274 e. The zero-order chi connectivity index (χ0) is 19.0. The molecular formula is C20H26ClN5O. The van der Waals surface area contributed by atoms with E-state index in [9.17, 15) is 4.79 Å². The van der Waals surface area contributed by atoms with Crippen LogP contribution in [0, 0.1) is 18.8 Å². The molecule has 7 heteroatoms. The van der Waals surface area contributed by atoms with Gasteiger partial charge in [0.2, 0.25) is 0 Å². The number of rotatable bonds is 5. The van der Waals surface area contributed by atoms with Crippen LogP contribution in [0.4, 0.5) is 0 Å². The third kappa shape index (κ3) is 3.87. The molecule has 1 aromatic carbocycles. The van der Waals surface area contributed by atoms with Gasteiger partial charge in [0.1, 0.15) is 0 Å². The minimum Gasteiger partial charge on any atom is -0.343 e. The summed E-state index contributed by atoms with van der Waals surface area (Å²) >= 11 is 6.03. The van der Waals surface area contributed by atoms with Gasteiger partial charge in [-0.3, -0.25) is 4.79 Å². The van der Waals surface area contributed by atoms with Crippen molar-refractivity contribution in [3.8, 4) is 0 Å². The van der Waals surface area contributed by atoms with Crippen molar-refractivity contribution in [2.45, 2.75) is 45.2 Å². The fourth-order valence-electron chi connectivity index (χ4n) is 4.08. The van der Waals surface area contributed by atoms with E-state index in [0.29, 0.717) is 28.6 Å². The topological polar surface area (TPSA) is 71.8 Å². The van der Waals surface area contributed by atoms with Gasteiger partial charge < -0.3 is 10.6 Å². The van der Waals surface area contributed by atoms with E-state index in [1.165, 1.54) is 0 Å². The highest BCUT2D eigenvalue weighted by Gasteiger charge is 2.41. The number of carbonyl (C=O) groups is 1. The van der Waals surface area contributed by atoms with Crippen LogP contribution in [0.2, 0.25) is 5.02 Å². The summed E-state index contributed by atoms with van der Waals surface area (Å²) in [6, 6.07) is 8.04. The standard InChI is InChI=1S/C20H26ClN5O/c1-12-11-17(12)19(14-3-5-15(21)6-4-14)23-20(27)18-13(2)26(25-24-18)16-7-9-22-10-8-16/h3-6,12,16-17,19,22H,7-11H2,1-2H3,(H,23,27)/t12-,17-,19+/m0/s1. The summed E-state index contributed by atoms with van der Waals surface area (Å²) in [5, 5.41) is 15.8. The SMILES string of the molecule is Cc1c(C(=O)N[C@H](c2ccc(Cl)cc2)[C@H]2C[C@@H]2C)nnn1C1CCNCC1. The molecule has 27 heavy (non-hydrogen) atoms. The monoisotopic (exact) mass is 387 g/mol. The molecule has 2 fully saturated rings. The zero-order valence-electron chi connectivity index (χ0n) is 15.8. The minimum absolute atomic E-state index is 0.0202. The summed E-state index contributed by atoms with van der Waals surface area (Å²) in [7, 11) is 0. The van der Waals surface area contributed by atoms with E-state index < -0.39 is 0 Å². The first-order valence-corrected chi connectivity index (χ1v) is 10.1. The number of halogens is 1. The third-order valence-corrected chi connectivity index (χ3v) is 6.16. The number of hydrogen-bond acceptors (Lipinski definition) is 4. The maximum absolute atomic E-state index is 13.0. The molecule has 1 aromatic heterocycles. The van der Waals surface area contributed by atoms with Gasteiger partial charge in [-0.25, -0.2) is 4.68 Å². The number of piperidine rings is 1. The van der Waals surface area contributed by atoms with Crippen molar-refractivity contribution in [2.75, 3.05) is 13.1 Å². The number of nitrogens with one attached hydrogen (secondary N) is 2. The Morgan fingerprint density at radius 1 is 1.30 bits per heavy atom. The summed E-state index contributed by atoms with van der Waals surface area (Å²) in [5.74, 6) is 0.916. The molecule has 6 nitrogen and oxygen atoms in total. The number of aromatic nitrogens is 3. The number of amides is 1. The van der Waals surface area contributed by atoms with Gasteiger partial charge in [0.15, 0.2) is 5.69 Å². The number of benzene rings is 1. The molecule has 1 saturated heterocycles. The van der Waals surface area contributed by atoms with Gasteiger partial charge in [-0.1, -0.05) is 35.9 Å². The molecule has 2 N–H and O–H groups in total. The summed E-state index contributed by atoms with van der Waals surface area (Å²) < 4.78 is 1.92. The average molecular weight is 388 g/mol. The van der Waals surface area contributed by atoms with E-state index in [1.807, 2.05) is 35.9 Å². The molecule has 144 valence electrons. The second-order valence-electron chi connectivity index (χ2n) is 7.83. The van der Waals surface area contributed by atoms with Crippen LogP contribution in [0.3, 0.4) is 0 Å². The first-order chi connectivity index (χ1) is 13.0. The van der Waals surface area contributed by atoms with Crippen molar-refractivity contribution in [1.82, 2.24) is 25.6 Å². The lowest BCUT2D eigenvalue weighted by Gasteiger charge is -2.23. The molecule has 1 amide bonds. The molecule has 1 saturated carbocycles. The van der Waals surface area contributed by atoms with Crippen LogP contribution in [0.15, 0.2) is 24.3 Å². The lowest BCUT2D eigenvalue weighted by atomic mass is 10.0. The lowest BCUT2D eigenvalue weighted by Crippen LogP contribution is -2.32. The average Bonchev–Trinajstić information content (AvgIpc) is 3.27. The summed E-state index contributed by atoms with van der Waals surface area (Å²) in [4.78, 5) is 13.0. The van der Waals surface area contributed by atoms with Crippen LogP contribution in [0.25, 0.3) is 0 Å². The first-order valence-electron chi connectivity index (χ1n) is 9.73. The highest BCUT2D eigenvalue weighted by atomic mass is 35.5. The molecule has 0 unspecified atom stereocenters. The second-order valence-corrected chi connectivity index (χ2v) is 8.27. The summed E-state index contributed by atoms with van der Waals surface area (Å²) in [5.41, 5.74) is 2.37. The van der Waals surface area contributed by atoms with Gasteiger partial charge in [0, 0.05) is 5.02 Å². The molecular weight excluding hydrogens is 362 g/mol. The largest absolute Gasteiger partial charge is 0.343 e. The van der Waals surface area contributed by atoms with Crippen LogP contribution < -0.4 is 10.6 Å². The van der Waals surface area contributed by atoms with Crippen LogP contribution in [0.5, 0.6) is 0 Å². The molecule has 1 aliphatic heterocycles. The van der Waals surface area contributed by atoms with Gasteiger partial charge in [0.25, 0.3) is 5.91 Å². The van der Waals surface area contributed by atoms with Crippen LogP contribution in [0.1, 0.15) is 60.0 Å². The molecule has 1 aliphatic carbocycles. The Labute approximate surface area is 164 Å². The highest BCUT2D eigenvalue weighted by molar-refractivity contribution is 6.30. The molecule has 3 atom stereocenters. The van der Waals surface area contributed by atoms with Crippen molar-refractivity contribution >= 4 is 17.5 Å². The summed E-state index contributed by atoms with van der Waals surface area (Å²) in [6.07, 6.45) is 3.14. The highest BCUT2D eigenvalue weighted by Crippen LogP contribution is 2.47. The van der Waals surface area contributed by atoms with Crippen molar-refractivity contribution in [3.05, 3.63) is 46.2 Å². The van der Waals surface area contributed by atoms with Crippen molar-refractivity contribution in [2.24, 2.45) is 11.8 Å². The predicted molar refractivity (Wildman–Crippen MR) is 105 cm³/mol. The quantitative estimate of drug-likeness (QED) is 0.825. The van der Waals surface area contributed by atoms with E-state index >= 15 is 0 Å². The Hall–Kier alpha value is -1.92. The van der Waals surface area contributed by atoms with Gasteiger partial charge in [-0.15, -0.1) is 5.10 Å². The molecule has 2 heterocycles. The van der Waals surface area contributed by atoms with Crippen molar-refractivity contribution < 1.29 is 4.79 Å². The van der Waals surface area contributed by atoms with Crippen molar-refractivity contribution in [3.63, 3.8) is 0 Å². The Bertz CT molecular complexity index is 812. The summed E-state index contributed by atoms with van der Waals surface area (Å²) in [6.45, 7) is 6.11. The lowest BCUT2D eigenvalue weighted by molar-refractivity contribution is 0.0924. The minimum atomic E-state index is -0.147. The van der Waals surface area contributed by atoms with Gasteiger partial charge in [-0.2, -0.15) is 0 Å². The molecule has 2 aliphatic rings. The van der Waals surface area contributed by atoms with E-state index in [-0.39, 0.29) is 11.9 Å². The molecule has 4 rings (SSSR count). The van der Waals surface area contributed by atoms with E-state index in [0.717, 1.165) is 43.6 Å². The fourth-order valence-corrected chi connectivity index (χ4v) is 4.21. The Morgan fingerprint density at radius 3 is 2.59 bits per heavy atom. The van der Waals surface area contributed by atoms with Gasteiger partial charge in [0.05, 0.1) is 17.8 Å². The Kier molecular flexibility index (Phi) is 5.19. The van der Waals surface area contributed by atoms with E-state index in [1.54, 1.807) is 0 Å². The van der Waals surface area contributed by atoms with E-state index in [4.69, 9.17) is 11.6 Å². The molecule has 0 radical (unpaired) electrons.